The second kappa shape index (κ2) is 8.99. The van der Waals surface area contributed by atoms with Gasteiger partial charge in [-0.15, -0.1) is 11.3 Å². The number of carbonyl (C=O) groups is 1. The standard InChI is InChI=1S/C23H16F4N4OS/c1-13-2-3-15(21(32)29-19-11-16(23(25,26)27)4-5-17(19)24)10-18(13)30-22-31-20(12-33-22)14-6-8-28-9-7-14/h2-12H,1H3,(H,29,32)(H,30,31). The Morgan fingerprint density at radius 3 is 2.48 bits per heavy atom. The summed E-state index contributed by atoms with van der Waals surface area (Å²) in [7, 11) is 0. The maximum absolute atomic E-state index is 14.0. The van der Waals surface area contributed by atoms with Gasteiger partial charge in [-0.1, -0.05) is 6.07 Å². The number of aryl methyl sites for hydroxylation is 1. The van der Waals surface area contributed by atoms with E-state index in [2.05, 4.69) is 20.6 Å². The van der Waals surface area contributed by atoms with Gasteiger partial charge in [-0.25, -0.2) is 9.37 Å². The van der Waals surface area contributed by atoms with Gasteiger partial charge in [-0.05, 0) is 55.0 Å². The zero-order valence-electron chi connectivity index (χ0n) is 17.1. The fourth-order valence-electron chi connectivity index (χ4n) is 2.99. The van der Waals surface area contributed by atoms with E-state index in [0.717, 1.165) is 16.8 Å². The number of halogens is 4. The van der Waals surface area contributed by atoms with Crippen LogP contribution < -0.4 is 10.6 Å². The molecule has 4 aromatic rings. The van der Waals surface area contributed by atoms with Gasteiger partial charge in [-0.2, -0.15) is 13.2 Å². The number of anilines is 3. The normalized spacial score (nSPS) is 11.3. The van der Waals surface area contributed by atoms with Crippen LogP contribution in [0.1, 0.15) is 21.5 Å². The summed E-state index contributed by atoms with van der Waals surface area (Å²) in [6.07, 6.45) is -1.32. The third-order valence-electron chi connectivity index (χ3n) is 4.76. The fraction of sp³-hybridized carbons (Fsp3) is 0.0870. The zero-order valence-corrected chi connectivity index (χ0v) is 17.9. The highest BCUT2D eigenvalue weighted by Gasteiger charge is 2.31. The van der Waals surface area contributed by atoms with Crippen molar-refractivity contribution in [2.75, 3.05) is 10.6 Å². The molecule has 0 aliphatic rings. The number of alkyl halides is 3. The van der Waals surface area contributed by atoms with Crippen LogP contribution in [0.5, 0.6) is 0 Å². The molecule has 4 rings (SSSR count). The lowest BCUT2D eigenvalue weighted by Gasteiger charge is -2.12. The van der Waals surface area contributed by atoms with Crippen LogP contribution in [-0.2, 0) is 6.18 Å². The first-order valence-corrected chi connectivity index (χ1v) is 10.5. The summed E-state index contributed by atoms with van der Waals surface area (Å²) < 4.78 is 52.8. The number of hydrogen-bond acceptors (Lipinski definition) is 5. The van der Waals surface area contributed by atoms with Crippen molar-refractivity contribution in [2.24, 2.45) is 0 Å². The third-order valence-corrected chi connectivity index (χ3v) is 5.52. The molecule has 33 heavy (non-hydrogen) atoms. The molecule has 10 heteroatoms. The van der Waals surface area contributed by atoms with E-state index < -0.39 is 29.2 Å². The fourth-order valence-corrected chi connectivity index (χ4v) is 3.72. The van der Waals surface area contributed by atoms with Crippen molar-refractivity contribution in [1.29, 1.82) is 0 Å². The molecule has 2 N–H and O–H groups in total. The lowest BCUT2D eigenvalue weighted by molar-refractivity contribution is -0.137. The zero-order chi connectivity index (χ0) is 23.6. The summed E-state index contributed by atoms with van der Waals surface area (Å²) in [5.41, 5.74) is 1.61. The summed E-state index contributed by atoms with van der Waals surface area (Å²) in [5.74, 6) is -1.71. The van der Waals surface area contributed by atoms with Crippen molar-refractivity contribution >= 4 is 33.8 Å². The Morgan fingerprint density at radius 1 is 1.00 bits per heavy atom. The predicted octanol–water partition coefficient (Wildman–Crippen LogP) is 6.67. The lowest BCUT2D eigenvalue weighted by Crippen LogP contribution is -2.15. The van der Waals surface area contributed by atoms with Gasteiger partial charge in [0.1, 0.15) is 5.82 Å². The molecule has 0 unspecified atom stereocenters. The monoisotopic (exact) mass is 472 g/mol. The highest BCUT2D eigenvalue weighted by atomic mass is 32.1. The van der Waals surface area contributed by atoms with Crippen molar-refractivity contribution < 1.29 is 22.4 Å². The summed E-state index contributed by atoms with van der Waals surface area (Å²) >= 11 is 1.37. The topological polar surface area (TPSA) is 66.9 Å². The highest BCUT2D eigenvalue weighted by molar-refractivity contribution is 7.14. The minimum absolute atomic E-state index is 0.144. The van der Waals surface area contributed by atoms with Gasteiger partial charge in [0.25, 0.3) is 5.91 Å². The molecule has 0 saturated heterocycles. The number of nitrogens with one attached hydrogen (secondary N) is 2. The van der Waals surface area contributed by atoms with Gasteiger partial charge >= 0.3 is 6.18 Å². The van der Waals surface area contributed by atoms with E-state index in [0.29, 0.717) is 29.0 Å². The van der Waals surface area contributed by atoms with Crippen LogP contribution in [0.15, 0.2) is 66.3 Å². The first kappa shape index (κ1) is 22.4. The van der Waals surface area contributed by atoms with Gasteiger partial charge in [0.2, 0.25) is 0 Å². The van der Waals surface area contributed by atoms with Crippen molar-refractivity contribution in [1.82, 2.24) is 9.97 Å². The summed E-state index contributed by atoms with van der Waals surface area (Å²) in [5, 5.41) is 7.83. The Morgan fingerprint density at radius 2 is 1.76 bits per heavy atom. The molecule has 0 saturated carbocycles. The van der Waals surface area contributed by atoms with Gasteiger partial charge in [0.15, 0.2) is 5.13 Å². The SMILES string of the molecule is Cc1ccc(C(=O)Nc2cc(C(F)(F)F)ccc2F)cc1Nc1nc(-c2ccncc2)cs1. The van der Waals surface area contributed by atoms with E-state index in [1.165, 1.54) is 23.5 Å². The average Bonchev–Trinajstić information content (AvgIpc) is 3.25. The minimum atomic E-state index is -4.66. The van der Waals surface area contributed by atoms with E-state index in [1.54, 1.807) is 18.5 Å². The number of rotatable bonds is 5. The molecule has 0 aliphatic heterocycles. The first-order chi connectivity index (χ1) is 15.7. The number of amides is 1. The Kier molecular flexibility index (Phi) is 6.10. The highest BCUT2D eigenvalue weighted by Crippen LogP contribution is 2.32. The predicted molar refractivity (Wildman–Crippen MR) is 119 cm³/mol. The number of carbonyl (C=O) groups excluding carboxylic acids is 1. The Balaban J connectivity index is 1.54. The molecule has 0 aliphatic carbocycles. The van der Waals surface area contributed by atoms with Crippen molar-refractivity contribution in [3.05, 3.63) is 88.8 Å². The van der Waals surface area contributed by atoms with Crippen LogP contribution >= 0.6 is 11.3 Å². The quantitative estimate of drug-likeness (QED) is 0.319. The molecule has 0 atom stereocenters. The van der Waals surface area contributed by atoms with Crippen LogP contribution in [0.3, 0.4) is 0 Å². The van der Waals surface area contributed by atoms with E-state index in [9.17, 15) is 22.4 Å². The van der Waals surface area contributed by atoms with Crippen molar-refractivity contribution in [3.63, 3.8) is 0 Å². The molecular formula is C23H16F4N4OS. The summed E-state index contributed by atoms with van der Waals surface area (Å²) in [6.45, 7) is 1.83. The molecule has 0 fully saturated rings. The molecule has 2 heterocycles. The summed E-state index contributed by atoms with van der Waals surface area (Å²) in [4.78, 5) is 21.1. The smallest absolute Gasteiger partial charge is 0.331 e. The van der Waals surface area contributed by atoms with Crippen LogP contribution in [0, 0.1) is 12.7 Å². The van der Waals surface area contributed by atoms with Crippen LogP contribution in [0.25, 0.3) is 11.3 Å². The van der Waals surface area contributed by atoms with Crippen LogP contribution in [-0.4, -0.2) is 15.9 Å². The molecule has 2 aromatic carbocycles. The Hall–Kier alpha value is -3.79. The largest absolute Gasteiger partial charge is 0.416 e. The molecule has 0 bridgehead atoms. The van der Waals surface area contributed by atoms with E-state index >= 15 is 0 Å². The van der Waals surface area contributed by atoms with Crippen molar-refractivity contribution in [2.45, 2.75) is 13.1 Å². The van der Waals surface area contributed by atoms with Gasteiger partial charge in [-0.3, -0.25) is 9.78 Å². The molecular weight excluding hydrogens is 456 g/mol. The summed E-state index contributed by atoms with van der Waals surface area (Å²) in [6, 6.07) is 10.2. The van der Waals surface area contributed by atoms with E-state index in [4.69, 9.17) is 0 Å². The Bertz CT molecular complexity index is 1310. The average molecular weight is 472 g/mol. The maximum atomic E-state index is 14.0. The molecule has 2 aromatic heterocycles. The Labute approximate surface area is 190 Å². The van der Waals surface area contributed by atoms with Gasteiger partial charge in [0.05, 0.1) is 16.9 Å². The number of benzene rings is 2. The molecule has 1 amide bonds. The molecule has 168 valence electrons. The lowest BCUT2D eigenvalue weighted by atomic mass is 10.1. The number of pyridine rings is 1. The molecule has 5 nitrogen and oxygen atoms in total. The second-order valence-corrected chi connectivity index (χ2v) is 7.93. The maximum Gasteiger partial charge on any atom is 0.416 e. The van der Waals surface area contributed by atoms with E-state index in [1.807, 2.05) is 24.4 Å². The van der Waals surface area contributed by atoms with Crippen LogP contribution in [0.4, 0.5) is 34.1 Å². The van der Waals surface area contributed by atoms with Gasteiger partial charge < -0.3 is 10.6 Å². The number of nitrogens with zero attached hydrogens (tertiary/aromatic N) is 2. The molecule has 0 spiro atoms. The van der Waals surface area contributed by atoms with Crippen LogP contribution in [0.2, 0.25) is 0 Å². The first-order valence-electron chi connectivity index (χ1n) is 9.62. The number of hydrogen-bond donors (Lipinski definition) is 2. The van der Waals surface area contributed by atoms with Gasteiger partial charge in [0, 0.05) is 34.6 Å². The van der Waals surface area contributed by atoms with E-state index in [-0.39, 0.29) is 5.56 Å². The van der Waals surface area contributed by atoms with Crippen molar-refractivity contribution in [3.8, 4) is 11.3 Å². The molecule has 0 radical (unpaired) electrons. The second-order valence-electron chi connectivity index (χ2n) is 7.07. The minimum Gasteiger partial charge on any atom is -0.331 e. The number of aromatic nitrogens is 2. The number of thiazole rings is 1. The third kappa shape index (κ3) is 5.17.